The Morgan fingerprint density at radius 1 is 1.25 bits per heavy atom. The molecule has 2 rings (SSSR count). The molecule has 0 saturated heterocycles. The highest BCUT2D eigenvalue weighted by molar-refractivity contribution is 9.10. The number of nitrogens with two attached hydrogens (primary N) is 2. The lowest BCUT2D eigenvalue weighted by atomic mass is 10.1. The van der Waals surface area contributed by atoms with Gasteiger partial charge in [-0.1, -0.05) is 28.1 Å². The maximum atomic E-state index is 12.5. The van der Waals surface area contributed by atoms with Crippen LogP contribution in [0.1, 0.15) is 18.4 Å². The second-order valence-electron chi connectivity index (χ2n) is 5.24. The molecule has 0 aromatic heterocycles. The number of benzene rings is 1. The van der Waals surface area contributed by atoms with Gasteiger partial charge in [0, 0.05) is 17.6 Å². The second-order valence-corrected chi connectivity index (χ2v) is 6.15. The average Bonchev–Trinajstić information content (AvgIpc) is 3.20. The molecule has 0 atom stereocenters. The maximum Gasteiger partial charge on any atom is 0.237 e. The molecule has 20 heavy (non-hydrogen) atoms. The van der Waals surface area contributed by atoms with Gasteiger partial charge in [0.1, 0.15) is 0 Å². The number of carbonyl (C=O) groups is 2. The fourth-order valence-electron chi connectivity index (χ4n) is 2.19. The average molecular weight is 340 g/mol. The first-order valence-electron chi connectivity index (χ1n) is 6.49. The van der Waals surface area contributed by atoms with Gasteiger partial charge in [-0.3, -0.25) is 9.59 Å². The van der Waals surface area contributed by atoms with E-state index in [0.717, 1.165) is 22.9 Å². The van der Waals surface area contributed by atoms with Crippen LogP contribution >= 0.6 is 15.9 Å². The molecule has 0 radical (unpaired) electrons. The van der Waals surface area contributed by atoms with Crippen molar-refractivity contribution in [1.82, 2.24) is 4.90 Å². The van der Waals surface area contributed by atoms with Crippen LogP contribution in [0.25, 0.3) is 0 Å². The van der Waals surface area contributed by atoms with Crippen LogP contribution in [0.4, 0.5) is 0 Å². The molecular formula is C14H18BrN3O2. The zero-order valence-corrected chi connectivity index (χ0v) is 12.7. The van der Waals surface area contributed by atoms with Crippen LogP contribution in [-0.4, -0.2) is 29.8 Å². The number of hydrogen-bond acceptors (Lipinski definition) is 3. The van der Waals surface area contributed by atoms with E-state index in [1.165, 1.54) is 4.90 Å². The van der Waals surface area contributed by atoms with Crippen molar-refractivity contribution >= 4 is 27.7 Å². The molecule has 1 aliphatic carbocycles. The van der Waals surface area contributed by atoms with Gasteiger partial charge in [0.2, 0.25) is 11.8 Å². The molecule has 0 aliphatic heterocycles. The molecule has 1 saturated carbocycles. The summed E-state index contributed by atoms with van der Waals surface area (Å²) in [4.78, 5) is 25.2. The number of halogens is 1. The zero-order chi connectivity index (χ0) is 14.8. The summed E-state index contributed by atoms with van der Waals surface area (Å²) in [6.45, 7) is 0.620. The van der Waals surface area contributed by atoms with E-state index in [0.29, 0.717) is 13.1 Å². The van der Waals surface area contributed by atoms with Crippen LogP contribution in [-0.2, 0) is 16.1 Å². The van der Waals surface area contributed by atoms with E-state index in [1.54, 1.807) is 0 Å². The van der Waals surface area contributed by atoms with Crippen molar-refractivity contribution in [3.05, 3.63) is 34.3 Å². The van der Waals surface area contributed by atoms with Crippen molar-refractivity contribution in [2.45, 2.75) is 19.4 Å². The fourth-order valence-corrected chi connectivity index (χ4v) is 2.45. The highest BCUT2D eigenvalue weighted by Crippen LogP contribution is 2.46. The molecule has 0 unspecified atom stereocenters. The Bertz CT molecular complexity index is 512. The molecule has 1 aromatic carbocycles. The van der Waals surface area contributed by atoms with Gasteiger partial charge in [0.15, 0.2) is 0 Å². The van der Waals surface area contributed by atoms with Crippen LogP contribution in [0.2, 0.25) is 0 Å². The minimum absolute atomic E-state index is 0.0679. The van der Waals surface area contributed by atoms with Gasteiger partial charge in [0.25, 0.3) is 0 Å². The minimum atomic E-state index is -0.511. The number of amides is 2. The first-order chi connectivity index (χ1) is 9.47. The van der Waals surface area contributed by atoms with E-state index >= 15 is 0 Å². The molecule has 0 heterocycles. The number of rotatable bonds is 6. The summed E-state index contributed by atoms with van der Waals surface area (Å²) in [6.07, 6.45) is 1.58. The van der Waals surface area contributed by atoms with Gasteiger partial charge in [-0.25, -0.2) is 0 Å². The molecule has 0 spiro atoms. The van der Waals surface area contributed by atoms with Crippen molar-refractivity contribution in [1.29, 1.82) is 0 Å². The summed E-state index contributed by atoms with van der Waals surface area (Å²) in [7, 11) is 0. The quantitative estimate of drug-likeness (QED) is 0.810. The molecular weight excluding hydrogens is 322 g/mol. The standard InChI is InChI=1S/C14H18BrN3O2/c15-11-3-1-10(2-4-11)7-18(8-12(17)19)13(20)14(9-16)5-6-14/h1-4H,5-9,16H2,(H2,17,19). The second kappa shape index (κ2) is 5.93. The van der Waals surface area contributed by atoms with E-state index in [-0.39, 0.29) is 12.5 Å². The van der Waals surface area contributed by atoms with Crippen molar-refractivity contribution in [2.24, 2.45) is 16.9 Å². The maximum absolute atomic E-state index is 12.5. The van der Waals surface area contributed by atoms with E-state index in [4.69, 9.17) is 11.5 Å². The fraction of sp³-hybridized carbons (Fsp3) is 0.429. The Labute approximate surface area is 126 Å². The Hall–Kier alpha value is -1.40. The monoisotopic (exact) mass is 339 g/mol. The zero-order valence-electron chi connectivity index (χ0n) is 11.1. The highest BCUT2D eigenvalue weighted by Gasteiger charge is 2.50. The van der Waals surface area contributed by atoms with Gasteiger partial charge >= 0.3 is 0 Å². The third-order valence-electron chi connectivity index (χ3n) is 3.62. The summed E-state index contributed by atoms with van der Waals surface area (Å²) in [5, 5.41) is 0. The molecule has 1 aliphatic rings. The summed E-state index contributed by atoms with van der Waals surface area (Å²) in [5.74, 6) is -0.579. The van der Waals surface area contributed by atoms with Gasteiger partial charge in [-0.2, -0.15) is 0 Å². The normalized spacial score (nSPS) is 15.7. The van der Waals surface area contributed by atoms with Crippen molar-refractivity contribution in [3.8, 4) is 0 Å². The van der Waals surface area contributed by atoms with Gasteiger partial charge < -0.3 is 16.4 Å². The summed E-state index contributed by atoms with van der Waals surface area (Å²) in [5.41, 5.74) is 11.4. The Morgan fingerprint density at radius 3 is 2.30 bits per heavy atom. The molecule has 0 bridgehead atoms. The molecule has 1 fully saturated rings. The third kappa shape index (κ3) is 3.37. The van der Waals surface area contributed by atoms with Crippen LogP contribution < -0.4 is 11.5 Å². The predicted molar refractivity (Wildman–Crippen MR) is 79.5 cm³/mol. The number of nitrogens with zero attached hydrogens (tertiary/aromatic N) is 1. The van der Waals surface area contributed by atoms with Crippen LogP contribution in [0, 0.1) is 5.41 Å². The SMILES string of the molecule is NCC1(C(=O)N(CC(N)=O)Cc2ccc(Br)cc2)CC1. The van der Waals surface area contributed by atoms with Crippen molar-refractivity contribution in [3.63, 3.8) is 0 Å². The highest BCUT2D eigenvalue weighted by atomic mass is 79.9. The lowest BCUT2D eigenvalue weighted by molar-refractivity contribution is -0.140. The first-order valence-corrected chi connectivity index (χ1v) is 7.28. The Morgan fingerprint density at radius 2 is 1.85 bits per heavy atom. The molecule has 1 aromatic rings. The van der Waals surface area contributed by atoms with Gasteiger partial charge in [0.05, 0.1) is 12.0 Å². The van der Waals surface area contributed by atoms with E-state index in [9.17, 15) is 9.59 Å². The molecule has 108 valence electrons. The lowest BCUT2D eigenvalue weighted by Gasteiger charge is -2.25. The molecule has 5 nitrogen and oxygen atoms in total. The number of carbonyl (C=O) groups excluding carboxylic acids is 2. The predicted octanol–water partition coefficient (Wildman–Crippen LogP) is 1.00. The van der Waals surface area contributed by atoms with Crippen molar-refractivity contribution < 1.29 is 9.59 Å². The molecule has 4 N–H and O–H groups in total. The third-order valence-corrected chi connectivity index (χ3v) is 4.15. The topological polar surface area (TPSA) is 89.4 Å². The van der Waals surface area contributed by atoms with Crippen LogP contribution in [0.15, 0.2) is 28.7 Å². The van der Waals surface area contributed by atoms with Crippen LogP contribution in [0.3, 0.4) is 0 Å². The summed E-state index contributed by atoms with van der Waals surface area (Å²) >= 11 is 3.36. The summed E-state index contributed by atoms with van der Waals surface area (Å²) < 4.78 is 0.967. The Kier molecular flexibility index (Phi) is 4.45. The largest absolute Gasteiger partial charge is 0.368 e. The minimum Gasteiger partial charge on any atom is -0.368 e. The van der Waals surface area contributed by atoms with Gasteiger partial charge in [-0.05, 0) is 30.5 Å². The molecule has 2 amide bonds. The van der Waals surface area contributed by atoms with E-state index < -0.39 is 11.3 Å². The number of hydrogen-bond donors (Lipinski definition) is 2. The van der Waals surface area contributed by atoms with E-state index in [2.05, 4.69) is 15.9 Å². The Balaban J connectivity index is 2.13. The van der Waals surface area contributed by atoms with Crippen LogP contribution in [0.5, 0.6) is 0 Å². The smallest absolute Gasteiger partial charge is 0.237 e. The van der Waals surface area contributed by atoms with E-state index in [1.807, 2.05) is 24.3 Å². The number of primary amides is 1. The van der Waals surface area contributed by atoms with Gasteiger partial charge in [-0.15, -0.1) is 0 Å². The molecule has 6 heteroatoms. The van der Waals surface area contributed by atoms with Crippen molar-refractivity contribution in [2.75, 3.05) is 13.1 Å². The first kappa shape index (κ1) is 15.0. The lowest BCUT2D eigenvalue weighted by Crippen LogP contribution is -2.44. The summed E-state index contributed by atoms with van der Waals surface area (Å²) in [6, 6.07) is 7.62.